The van der Waals surface area contributed by atoms with Gasteiger partial charge < -0.3 is 4.42 Å². The summed E-state index contributed by atoms with van der Waals surface area (Å²) in [5.41, 5.74) is 5.00. The lowest BCUT2D eigenvalue weighted by molar-refractivity contribution is 0.0985. The third kappa shape index (κ3) is 4.30. The number of benzene rings is 3. The van der Waals surface area contributed by atoms with E-state index in [1.807, 2.05) is 48.7 Å². The molecule has 4 nitrogen and oxygen atoms in total. The van der Waals surface area contributed by atoms with Gasteiger partial charge in [-0.2, -0.15) is 0 Å². The Morgan fingerprint density at radius 3 is 2.44 bits per heavy atom. The lowest BCUT2D eigenvalue weighted by Gasteiger charge is -2.10. The molecule has 0 radical (unpaired) electrons. The molecule has 0 saturated carbocycles. The number of aromatic nitrogens is 2. The van der Waals surface area contributed by atoms with E-state index in [1.165, 1.54) is 23.8 Å². The van der Waals surface area contributed by atoms with Crippen LogP contribution in [0.3, 0.4) is 0 Å². The van der Waals surface area contributed by atoms with E-state index < -0.39 is 23.0 Å². The average Bonchev–Trinajstić information content (AvgIpc) is 3.52. The van der Waals surface area contributed by atoms with Crippen molar-refractivity contribution in [3.8, 4) is 33.2 Å². The number of Topliss-reactive ketones (excluding diaryl/α,β-unsaturated/α-hetero) is 1. The summed E-state index contributed by atoms with van der Waals surface area (Å²) in [5.74, 6) is -1.66. The van der Waals surface area contributed by atoms with Crippen LogP contribution in [0.5, 0.6) is 0 Å². The second kappa shape index (κ2) is 9.11. The molecule has 0 aliphatic rings. The smallest absolute Gasteiger partial charge is 0.181 e. The predicted octanol–water partition coefficient (Wildman–Crippen LogP) is 7.14. The van der Waals surface area contributed by atoms with Gasteiger partial charge in [0.2, 0.25) is 0 Å². The zero-order chi connectivity index (χ0) is 23.7. The van der Waals surface area contributed by atoms with Crippen molar-refractivity contribution in [1.82, 2.24) is 9.97 Å². The Labute approximate surface area is 198 Å². The van der Waals surface area contributed by atoms with Gasteiger partial charge >= 0.3 is 0 Å². The number of carbonyl (C=O) groups excluding carboxylic acids is 1. The van der Waals surface area contributed by atoms with Crippen LogP contribution in [0.4, 0.5) is 8.78 Å². The maximum Gasteiger partial charge on any atom is 0.181 e. The number of halogens is 2. The maximum absolute atomic E-state index is 13.9. The van der Waals surface area contributed by atoms with Gasteiger partial charge in [-0.05, 0) is 47.4 Å². The monoisotopic (exact) mass is 472 g/mol. The van der Waals surface area contributed by atoms with E-state index in [1.54, 1.807) is 6.20 Å². The summed E-state index contributed by atoms with van der Waals surface area (Å²) in [6.45, 7) is 2.03. The molecular weight excluding hydrogens is 454 g/mol. The zero-order valence-electron chi connectivity index (χ0n) is 18.1. The van der Waals surface area contributed by atoms with E-state index in [0.717, 1.165) is 45.1 Å². The Morgan fingerprint density at radius 2 is 1.74 bits per heavy atom. The SMILES string of the molecule is Cc1ccc(-c2nc(-c3cnco3)cs2)cc1-c1ccc(CC(=O)c2c(F)cccc2F)cc1. The van der Waals surface area contributed by atoms with Crippen LogP contribution in [-0.4, -0.2) is 15.8 Å². The molecule has 3 aromatic carbocycles. The molecule has 0 saturated heterocycles. The predicted molar refractivity (Wildman–Crippen MR) is 128 cm³/mol. The van der Waals surface area contributed by atoms with Crippen LogP contribution in [0.2, 0.25) is 0 Å². The number of nitrogens with zero attached hydrogens (tertiary/aromatic N) is 2. The second-order valence-electron chi connectivity index (χ2n) is 7.83. The van der Waals surface area contributed by atoms with Crippen molar-refractivity contribution in [2.75, 3.05) is 0 Å². The van der Waals surface area contributed by atoms with Gasteiger partial charge in [0.05, 0.1) is 11.8 Å². The van der Waals surface area contributed by atoms with Gasteiger partial charge in [-0.25, -0.2) is 18.7 Å². The minimum Gasteiger partial charge on any atom is -0.442 e. The Balaban J connectivity index is 1.39. The number of aryl methyl sites for hydroxylation is 1. The fourth-order valence-corrected chi connectivity index (χ4v) is 4.57. The van der Waals surface area contributed by atoms with Crippen LogP contribution >= 0.6 is 11.3 Å². The van der Waals surface area contributed by atoms with E-state index in [9.17, 15) is 13.6 Å². The quantitative estimate of drug-likeness (QED) is 0.246. The summed E-state index contributed by atoms with van der Waals surface area (Å²) < 4.78 is 33.2. The molecule has 0 N–H and O–H groups in total. The molecule has 0 fully saturated rings. The van der Waals surface area contributed by atoms with E-state index in [4.69, 9.17) is 4.42 Å². The van der Waals surface area contributed by atoms with Gasteiger partial charge in [0.25, 0.3) is 0 Å². The molecule has 0 aliphatic carbocycles. The minimum atomic E-state index is -0.845. The molecule has 7 heteroatoms. The van der Waals surface area contributed by atoms with Crippen LogP contribution in [0.1, 0.15) is 21.5 Å². The molecule has 0 amide bonds. The lowest BCUT2D eigenvalue weighted by atomic mass is 9.95. The maximum atomic E-state index is 13.9. The van der Waals surface area contributed by atoms with Crippen LogP contribution in [0.25, 0.3) is 33.2 Å². The highest BCUT2D eigenvalue weighted by molar-refractivity contribution is 7.13. The minimum absolute atomic E-state index is 0.0827. The van der Waals surface area contributed by atoms with Crippen LogP contribution in [0.15, 0.2) is 83.1 Å². The first-order valence-corrected chi connectivity index (χ1v) is 11.4. The van der Waals surface area contributed by atoms with Crippen molar-refractivity contribution >= 4 is 17.1 Å². The van der Waals surface area contributed by atoms with E-state index >= 15 is 0 Å². The van der Waals surface area contributed by atoms with E-state index in [-0.39, 0.29) is 6.42 Å². The molecule has 168 valence electrons. The van der Waals surface area contributed by atoms with Crippen molar-refractivity contribution in [3.63, 3.8) is 0 Å². The fraction of sp³-hybridized carbons (Fsp3) is 0.0741. The average molecular weight is 473 g/mol. The molecule has 2 heterocycles. The summed E-state index contributed by atoms with van der Waals surface area (Å²) in [7, 11) is 0. The first kappa shape index (κ1) is 21.9. The highest BCUT2D eigenvalue weighted by Gasteiger charge is 2.17. The molecule has 0 unspecified atom stereocenters. The number of oxazole rings is 1. The number of thiazole rings is 1. The van der Waals surface area contributed by atoms with Crippen LogP contribution in [-0.2, 0) is 6.42 Å². The van der Waals surface area contributed by atoms with Crippen LogP contribution in [0, 0.1) is 18.6 Å². The van der Waals surface area contributed by atoms with Crippen molar-refractivity contribution in [2.45, 2.75) is 13.3 Å². The van der Waals surface area contributed by atoms with Gasteiger partial charge in [0.1, 0.15) is 22.3 Å². The lowest BCUT2D eigenvalue weighted by Crippen LogP contribution is -2.09. The summed E-state index contributed by atoms with van der Waals surface area (Å²) >= 11 is 1.52. The molecular formula is C27H18F2N2O2S. The Hall–Kier alpha value is -3.97. The largest absolute Gasteiger partial charge is 0.442 e. The van der Waals surface area contributed by atoms with E-state index in [0.29, 0.717) is 11.3 Å². The molecule has 0 aliphatic heterocycles. The number of carbonyl (C=O) groups is 1. The topological polar surface area (TPSA) is 56.0 Å². The van der Waals surface area contributed by atoms with Crippen molar-refractivity contribution < 1.29 is 18.0 Å². The number of hydrogen-bond donors (Lipinski definition) is 0. The van der Waals surface area contributed by atoms with Crippen LogP contribution < -0.4 is 0 Å². The zero-order valence-corrected chi connectivity index (χ0v) is 18.9. The standard InChI is InChI=1S/C27H18F2N2O2S/c1-16-5-8-19(27-31-23(14-34-27)25-13-30-15-33-25)12-20(16)18-9-6-17(7-10-18)11-24(32)26-21(28)3-2-4-22(26)29/h2-10,12-15H,11H2,1H3. The Kier molecular flexibility index (Phi) is 5.86. The first-order chi connectivity index (χ1) is 16.5. The van der Waals surface area contributed by atoms with E-state index in [2.05, 4.69) is 16.0 Å². The molecule has 2 aromatic heterocycles. The molecule has 34 heavy (non-hydrogen) atoms. The van der Waals surface area contributed by atoms with Gasteiger partial charge in [0.15, 0.2) is 17.9 Å². The highest BCUT2D eigenvalue weighted by atomic mass is 32.1. The third-order valence-corrected chi connectivity index (χ3v) is 6.44. The fourth-order valence-electron chi connectivity index (χ4n) is 3.77. The molecule has 0 bridgehead atoms. The summed E-state index contributed by atoms with van der Waals surface area (Å²) in [4.78, 5) is 21.1. The van der Waals surface area contributed by atoms with Crippen molar-refractivity contribution in [1.29, 1.82) is 0 Å². The van der Waals surface area contributed by atoms with Gasteiger partial charge in [-0.1, -0.05) is 42.5 Å². The third-order valence-electron chi connectivity index (χ3n) is 5.54. The molecule has 0 spiro atoms. The van der Waals surface area contributed by atoms with Crippen molar-refractivity contribution in [3.05, 3.63) is 107 Å². The normalized spacial score (nSPS) is 11.0. The van der Waals surface area contributed by atoms with Crippen molar-refractivity contribution in [2.24, 2.45) is 0 Å². The van der Waals surface area contributed by atoms with Gasteiger partial charge in [0, 0.05) is 17.4 Å². The molecule has 5 rings (SSSR count). The molecule has 0 atom stereocenters. The Morgan fingerprint density at radius 1 is 1.00 bits per heavy atom. The number of hydrogen-bond acceptors (Lipinski definition) is 5. The summed E-state index contributed by atoms with van der Waals surface area (Å²) in [6.07, 6.45) is 2.93. The number of ketones is 1. The van der Waals surface area contributed by atoms with Gasteiger partial charge in [-0.3, -0.25) is 4.79 Å². The highest BCUT2D eigenvalue weighted by Crippen LogP contribution is 2.33. The van der Waals surface area contributed by atoms with Gasteiger partial charge in [-0.15, -0.1) is 11.3 Å². The second-order valence-corrected chi connectivity index (χ2v) is 8.68. The molecule has 5 aromatic rings. The number of rotatable bonds is 6. The summed E-state index contributed by atoms with van der Waals surface area (Å²) in [6, 6.07) is 17.0. The first-order valence-electron chi connectivity index (χ1n) is 10.5. The Bertz CT molecular complexity index is 1460. The summed E-state index contributed by atoms with van der Waals surface area (Å²) in [5, 5.41) is 2.79.